The first-order valence-electron chi connectivity index (χ1n) is 9.05. The molecule has 3 rings (SSSR count). The predicted molar refractivity (Wildman–Crippen MR) is 114 cm³/mol. The van der Waals surface area contributed by atoms with Crippen LogP contribution in [0.4, 0.5) is 11.4 Å². The SMILES string of the molecule is C=CCc1cc(NC(=O)c2ccccc2)c(NC(=O)c2ccccc2)cc1C. The van der Waals surface area contributed by atoms with Gasteiger partial charge in [-0.15, -0.1) is 6.58 Å². The molecule has 0 saturated carbocycles. The minimum Gasteiger partial charge on any atom is -0.320 e. The number of amides is 2. The fourth-order valence-corrected chi connectivity index (χ4v) is 2.90. The third-order valence-corrected chi connectivity index (χ3v) is 4.41. The van der Waals surface area contributed by atoms with Crippen LogP contribution < -0.4 is 10.6 Å². The van der Waals surface area contributed by atoms with Crippen LogP contribution >= 0.6 is 0 Å². The van der Waals surface area contributed by atoms with Crippen molar-refractivity contribution >= 4 is 23.2 Å². The lowest BCUT2D eigenvalue weighted by Crippen LogP contribution is -2.17. The summed E-state index contributed by atoms with van der Waals surface area (Å²) in [5, 5.41) is 5.84. The summed E-state index contributed by atoms with van der Waals surface area (Å²) in [6.07, 6.45) is 2.49. The Labute approximate surface area is 164 Å². The predicted octanol–water partition coefficient (Wildman–Crippen LogP) is 5.23. The number of rotatable bonds is 6. The van der Waals surface area contributed by atoms with Gasteiger partial charge in [-0.3, -0.25) is 9.59 Å². The fraction of sp³-hybridized carbons (Fsp3) is 0.0833. The number of hydrogen-bond acceptors (Lipinski definition) is 2. The summed E-state index contributed by atoms with van der Waals surface area (Å²) >= 11 is 0. The van der Waals surface area contributed by atoms with E-state index in [2.05, 4.69) is 17.2 Å². The van der Waals surface area contributed by atoms with Gasteiger partial charge in [0.2, 0.25) is 0 Å². The van der Waals surface area contributed by atoms with Gasteiger partial charge in [0.05, 0.1) is 11.4 Å². The average molecular weight is 370 g/mol. The molecule has 0 aliphatic heterocycles. The molecule has 4 heteroatoms. The van der Waals surface area contributed by atoms with E-state index in [9.17, 15) is 9.59 Å². The third-order valence-electron chi connectivity index (χ3n) is 4.41. The molecule has 4 nitrogen and oxygen atoms in total. The van der Waals surface area contributed by atoms with E-state index < -0.39 is 0 Å². The zero-order valence-electron chi connectivity index (χ0n) is 15.7. The zero-order valence-corrected chi connectivity index (χ0v) is 15.7. The van der Waals surface area contributed by atoms with E-state index in [1.54, 1.807) is 24.3 Å². The van der Waals surface area contributed by atoms with Gasteiger partial charge in [0, 0.05) is 11.1 Å². The molecule has 0 bridgehead atoms. The van der Waals surface area contributed by atoms with E-state index in [4.69, 9.17) is 0 Å². The van der Waals surface area contributed by atoms with E-state index in [-0.39, 0.29) is 11.8 Å². The number of carbonyl (C=O) groups is 2. The van der Waals surface area contributed by atoms with E-state index in [0.717, 1.165) is 11.1 Å². The molecule has 3 aromatic carbocycles. The van der Waals surface area contributed by atoms with Crippen LogP contribution in [0.3, 0.4) is 0 Å². The summed E-state index contributed by atoms with van der Waals surface area (Å²) in [7, 11) is 0. The van der Waals surface area contributed by atoms with Crippen LogP contribution in [0.25, 0.3) is 0 Å². The van der Waals surface area contributed by atoms with E-state index in [0.29, 0.717) is 28.9 Å². The van der Waals surface area contributed by atoms with Crippen LogP contribution in [0.5, 0.6) is 0 Å². The number of benzene rings is 3. The normalized spacial score (nSPS) is 10.2. The van der Waals surface area contributed by atoms with E-state index >= 15 is 0 Å². The first-order valence-corrected chi connectivity index (χ1v) is 9.05. The Balaban J connectivity index is 1.93. The molecule has 0 fully saturated rings. The molecule has 0 radical (unpaired) electrons. The maximum Gasteiger partial charge on any atom is 0.255 e. The van der Waals surface area contributed by atoms with Crippen molar-refractivity contribution in [2.24, 2.45) is 0 Å². The lowest BCUT2D eigenvalue weighted by atomic mass is 10.0. The Bertz CT molecular complexity index is 996. The van der Waals surface area contributed by atoms with Gasteiger partial charge in [-0.2, -0.15) is 0 Å². The molecule has 0 aliphatic carbocycles. The summed E-state index contributed by atoms with van der Waals surface area (Å²) in [6.45, 7) is 5.76. The number of aryl methyl sites for hydroxylation is 1. The standard InChI is InChI=1S/C24H22N2O2/c1-3-10-20-16-22(26-24(28)19-13-8-5-9-14-19)21(15-17(20)2)25-23(27)18-11-6-4-7-12-18/h3-9,11-16H,1,10H2,2H3,(H,25,27)(H,26,28). The summed E-state index contributed by atoms with van der Waals surface area (Å²) in [5.74, 6) is -0.462. The minimum absolute atomic E-state index is 0.230. The van der Waals surface area contributed by atoms with Gasteiger partial charge in [-0.05, 0) is 60.9 Å². The number of carbonyl (C=O) groups excluding carboxylic acids is 2. The van der Waals surface area contributed by atoms with Crippen LogP contribution in [0.15, 0.2) is 85.5 Å². The second-order valence-corrected chi connectivity index (χ2v) is 6.46. The van der Waals surface area contributed by atoms with Crippen molar-refractivity contribution in [1.29, 1.82) is 0 Å². The summed E-state index contributed by atoms with van der Waals surface area (Å²) in [4.78, 5) is 25.2. The van der Waals surface area contributed by atoms with Crippen molar-refractivity contribution in [1.82, 2.24) is 0 Å². The van der Waals surface area contributed by atoms with E-state index in [1.165, 1.54) is 0 Å². The minimum atomic E-state index is -0.232. The van der Waals surface area contributed by atoms with Gasteiger partial charge in [-0.25, -0.2) is 0 Å². The molecule has 0 heterocycles. The highest BCUT2D eigenvalue weighted by Gasteiger charge is 2.14. The maximum atomic E-state index is 12.6. The van der Waals surface area contributed by atoms with Crippen LogP contribution in [0, 0.1) is 6.92 Å². The first kappa shape index (κ1) is 19.1. The highest BCUT2D eigenvalue weighted by molar-refractivity contribution is 6.10. The molecule has 0 atom stereocenters. The average Bonchev–Trinajstić information content (AvgIpc) is 2.72. The van der Waals surface area contributed by atoms with Crippen LogP contribution in [0.1, 0.15) is 31.8 Å². The molecule has 0 saturated heterocycles. The third kappa shape index (κ3) is 4.54. The zero-order chi connectivity index (χ0) is 19.9. The molecular weight excluding hydrogens is 348 g/mol. The second kappa shape index (κ2) is 8.82. The molecule has 2 N–H and O–H groups in total. The van der Waals surface area contributed by atoms with Crippen molar-refractivity contribution in [2.45, 2.75) is 13.3 Å². The Morgan fingerprint density at radius 1 is 0.821 bits per heavy atom. The topological polar surface area (TPSA) is 58.2 Å². The Hall–Kier alpha value is -3.66. The van der Waals surface area contributed by atoms with Gasteiger partial charge in [0.1, 0.15) is 0 Å². The quantitative estimate of drug-likeness (QED) is 0.584. The molecule has 0 spiro atoms. The largest absolute Gasteiger partial charge is 0.320 e. The molecule has 2 amide bonds. The van der Waals surface area contributed by atoms with Gasteiger partial charge < -0.3 is 10.6 Å². The van der Waals surface area contributed by atoms with Gasteiger partial charge >= 0.3 is 0 Å². The monoisotopic (exact) mass is 370 g/mol. The van der Waals surface area contributed by atoms with Crippen LogP contribution in [-0.2, 0) is 6.42 Å². The summed E-state index contributed by atoms with van der Waals surface area (Å²) in [6, 6.07) is 21.7. The second-order valence-electron chi connectivity index (χ2n) is 6.46. The summed E-state index contributed by atoms with van der Waals surface area (Å²) < 4.78 is 0. The molecular formula is C24H22N2O2. The maximum absolute atomic E-state index is 12.6. The fourth-order valence-electron chi connectivity index (χ4n) is 2.90. The molecule has 140 valence electrons. The molecule has 3 aromatic rings. The van der Waals surface area contributed by atoms with Gasteiger partial charge in [0.25, 0.3) is 11.8 Å². The van der Waals surface area contributed by atoms with Gasteiger partial charge in [0.15, 0.2) is 0 Å². The Kier molecular flexibility index (Phi) is 6.02. The summed E-state index contributed by atoms with van der Waals surface area (Å²) in [5.41, 5.74) is 4.27. The number of hydrogen-bond donors (Lipinski definition) is 2. The molecule has 28 heavy (non-hydrogen) atoms. The van der Waals surface area contributed by atoms with Gasteiger partial charge in [-0.1, -0.05) is 42.5 Å². The highest BCUT2D eigenvalue weighted by atomic mass is 16.2. The van der Waals surface area contributed by atoms with Crippen LogP contribution in [0.2, 0.25) is 0 Å². The molecule has 0 unspecified atom stereocenters. The number of nitrogens with one attached hydrogen (secondary N) is 2. The lowest BCUT2D eigenvalue weighted by molar-refractivity contribution is 0.101. The number of anilines is 2. The Morgan fingerprint density at radius 3 is 1.75 bits per heavy atom. The van der Waals surface area contributed by atoms with E-state index in [1.807, 2.05) is 61.5 Å². The number of allylic oxidation sites excluding steroid dienone is 1. The molecule has 0 aromatic heterocycles. The van der Waals surface area contributed by atoms with Crippen molar-refractivity contribution in [2.75, 3.05) is 10.6 Å². The highest BCUT2D eigenvalue weighted by Crippen LogP contribution is 2.28. The first-order chi connectivity index (χ1) is 13.6. The van der Waals surface area contributed by atoms with Crippen LogP contribution in [-0.4, -0.2) is 11.8 Å². The van der Waals surface area contributed by atoms with Crippen molar-refractivity contribution in [3.05, 3.63) is 108 Å². The lowest BCUT2D eigenvalue weighted by Gasteiger charge is -2.16. The van der Waals surface area contributed by atoms with Crippen molar-refractivity contribution < 1.29 is 9.59 Å². The van der Waals surface area contributed by atoms with Crippen molar-refractivity contribution in [3.63, 3.8) is 0 Å². The smallest absolute Gasteiger partial charge is 0.255 e. The Morgan fingerprint density at radius 2 is 1.29 bits per heavy atom. The molecule has 0 aliphatic rings. The van der Waals surface area contributed by atoms with Crippen molar-refractivity contribution in [3.8, 4) is 0 Å².